The molecule has 3 aliphatic heterocycles. The van der Waals surface area contributed by atoms with Gasteiger partial charge in [0.25, 0.3) is 0 Å². The van der Waals surface area contributed by atoms with Crippen LogP contribution in [0.15, 0.2) is 35.2 Å². The van der Waals surface area contributed by atoms with Crippen LogP contribution >= 0.6 is 0 Å². The SMILES string of the molecule is O=C(C1CCN(S(=O)(=O)c2ccccc2)CC1)N1CCC(C2OCCO2)CC1. The number of likely N-dealkylation sites (tertiary alicyclic amines) is 1. The van der Waals surface area contributed by atoms with Gasteiger partial charge in [0, 0.05) is 38.0 Å². The van der Waals surface area contributed by atoms with E-state index in [4.69, 9.17) is 9.47 Å². The van der Waals surface area contributed by atoms with Gasteiger partial charge in [0.15, 0.2) is 6.29 Å². The topological polar surface area (TPSA) is 76.2 Å². The van der Waals surface area contributed by atoms with Crippen molar-refractivity contribution in [2.45, 2.75) is 36.9 Å². The van der Waals surface area contributed by atoms with E-state index in [1.54, 1.807) is 30.3 Å². The van der Waals surface area contributed by atoms with Gasteiger partial charge in [-0.3, -0.25) is 4.79 Å². The van der Waals surface area contributed by atoms with E-state index in [2.05, 4.69) is 0 Å². The highest BCUT2D eigenvalue weighted by molar-refractivity contribution is 7.89. The molecule has 3 aliphatic rings. The summed E-state index contributed by atoms with van der Waals surface area (Å²) >= 11 is 0. The highest BCUT2D eigenvalue weighted by Crippen LogP contribution is 2.29. The summed E-state index contributed by atoms with van der Waals surface area (Å²) in [4.78, 5) is 15.2. The van der Waals surface area contributed by atoms with Crippen molar-refractivity contribution in [3.63, 3.8) is 0 Å². The maximum absolute atomic E-state index is 12.9. The molecule has 3 fully saturated rings. The quantitative estimate of drug-likeness (QED) is 0.758. The van der Waals surface area contributed by atoms with Crippen molar-refractivity contribution in [3.8, 4) is 0 Å². The molecule has 0 spiro atoms. The molecule has 7 nitrogen and oxygen atoms in total. The second kappa shape index (κ2) is 8.49. The number of carbonyl (C=O) groups excluding carboxylic acids is 1. The highest BCUT2D eigenvalue weighted by Gasteiger charge is 2.36. The number of carbonyl (C=O) groups is 1. The smallest absolute Gasteiger partial charge is 0.243 e. The minimum Gasteiger partial charge on any atom is -0.350 e. The molecule has 0 aromatic heterocycles. The van der Waals surface area contributed by atoms with Gasteiger partial charge in [0.05, 0.1) is 18.1 Å². The highest BCUT2D eigenvalue weighted by atomic mass is 32.2. The van der Waals surface area contributed by atoms with Gasteiger partial charge in [-0.2, -0.15) is 4.31 Å². The Bertz CT molecular complexity index is 763. The molecule has 154 valence electrons. The van der Waals surface area contributed by atoms with E-state index in [-0.39, 0.29) is 18.1 Å². The van der Waals surface area contributed by atoms with Crippen molar-refractivity contribution in [3.05, 3.63) is 30.3 Å². The number of amides is 1. The van der Waals surface area contributed by atoms with Crippen molar-refractivity contribution in [2.75, 3.05) is 39.4 Å². The first-order valence-corrected chi connectivity index (χ1v) is 11.6. The third-order valence-corrected chi connectivity index (χ3v) is 7.98. The molecular formula is C20H28N2O5S. The van der Waals surface area contributed by atoms with Gasteiger partial charge in [-0.25, -0.2) is 8.42 Å². The summed E-state index contributed by atoms with van der Waals surface area (Å²) in [6.45, 7) is 3.58. The van der Waals surface area contributed by atoms with Gasteiger partial charge < -0.3 is 14.4 Å². The Morgan fingerprint density at radius 3 is 2.11 bits per heavy atom. The van der Waals surface area contributed by atoms with Crippen LogP contribution in [0.3, 0.4) is 0 Å². The van der Waals surface area contributed by atoms with Crippen LogP contribution in [0.4, 0.5) is 0 Å². The maximum atomic E-state index is 12.9. The second-order valence-electron chi connectivity index (χ2n) is 7.76. The summed E-state index contributed by atoms with van der Waals surface area (Å²) in [6, 6.07) is 8.50. The molecule has 0 unspecified atom stereocenters. The van der Waals surface area contributed by atoms with Crippen molar-refractivity contribution < 1.29 is 22.7 Å². The van der Waals surface area contributed by atoms with Crippen molar-refractivity contribution in [1.82, 2.24) is 9.21 Å². The van der Waals surface area contributed by atoms with Crippen LogP contribution in [-0.4, -0.2) is 69.2 Å². The molecule has 0 radical (unpaired) electrons. The molecule has 3 heterocycles. The lowest BCUT2D eigenvalue weighted by molar-refractivity contribution is -0.142. The van der Waals surface area contributed by atoms with Crippen LogP contribution in [0.2, 0.25) is 0 Å². The Morgan fingerprint density at radius 2 is 1.50 bits per heavy atom. The molecule has 0 saturated carbocycles. The van der Waals surface area contributed by atoms with Gasteiger partial charge in [-0.1, -0.05) is 18.2 Å². The van der Waals surface area contributed by atoms with E-state index in [0.29, 0.717) is 50.0 Å². The number of rotatable bonds is 4. The summed E-state index contributed by atoms with van der Waals surface area (Å²) in [5.74, 6) is 0.450. The zero-order valence-electron chi connectivity index (χ0n) is 16.0. The van der Waals surface area contributed by atoms with Gasteiger partial charge in [-0.15, -0.1) is 0 Å². The van der Waals surface area contributed by atoms with E-state index in [9.17, 15) is 13.2 Å². The summed E-state index contributed by atoms with van der Waals surface area (Å²) in [5.41, 5.74) is 0. The molecule has 8 heteroatoms. The van der Waals surface area contributed by atoms with Gasteiger partial charge in [0.1, 0.15) is 0 Å². The fourth-order valence-corrected chi connectivity index (χ4v) is 5.87. The van der Waals surface area contributed by atoms with Crippen LogP contribution in [-0.2, 0) is 24.3 Å². The van der Waals surface area contributed by atoms with Crippen LogP contribution < -0.4 is 0 Å². The summed E-state index contributed by atoms with van der Waals surface area (Å²) in [5, 5.41) is 0. The van der Waals surface area contributed by atoms with E-state index >= 15 is 0 Å². The van der Waals surface area contributed by atoms with Crippen LogP contribution in [0.25, 0.3) is 0 Å². The lowest BCUT2D eigenvalue weighted by Crippen LogP contribution is -2.47. The summed E-state index contributed by atoms with van der Waals surface area (Å²) in [6.07, 6.45) is 2.86. The molecule has 1 aromatic rings. The molecule has 0 N–H and O–H groups in total. The number of hydrogen-bond donors (Lipinski definition) is 0. The number of piperidine rings is 2. The number of sulfonamides is 1. The molecule has 28 heavy (non-hydrogen) atoms. The average Bonchev–Trinajstić information content (AvgIpc) is 3.29. The van der Waals surface area contributed by atoms with Gasteiger partial charge >= 0.3 is 0 Å². The monoisotopic (exact) mass is 408 g/mol. The summed E-state index contributed by atoms with van der Waals surface area (Å²) in [7, 11) is -3.47. The largest absolute Gasteiger partial charge is 0.350 e. The predicted molar refractivity (Wildman–Crippen MR) is 103 cm³/mol. The van der Waals surface area contributed by atoms with Gasteiger partial charge in [-0.05, 0) is 37.8 Å². The average molecular weight is 409 g/mol. The second-order valence-corrected chi connectivity index (χ2v) is 9.70. The normalized spacial score (nSPS) is 23.9. The van der Waals surface area contributed by atoms with Crippen LogP contribution in [0.1, 0.15) is 25.7 Å². The van der Waals surface area contributed by atoms with E-state index in [0.717, 1.165) is 25.9 Å². The maximum Gasteiger partial charge on any atom is 0.243 e. The molecule has 3 saturated heterocycles. The zero-order valence-corrected chi connectivity index (χ0v) is 16.9. The Labute approximate surface area is 166 Å². The van der Waals surface area contributed by atoms with Crippen molar-refractivity contribution in [2.24, 2.45) is 11.8 Å². The minimum atomic E-state index is -3.47. The van der Waals surface area contributed by atoms with E-state index in [1.807, 2.05) is 4.90 Å². The standard InChI is InChI=1S/C20H28N2O5S/c23-19(21-10-6-17(7-11-21)20-26-14-15-27-20)16-8-12-22(13-9-16)28(24,25)18-4-2-1-3-5-18/h1-5,16-17,20H,6-15H2. The molecule has 0 atom stereocenters. The Balaban J connectivity index is 1.29. The van der Waals surface area contributed by atoms with Crippen molar-refractivity contribution >= 4 is 15.9 Å². The fourth-order valence-electron chi connectivity index (χ4n) is 4.38. The van der Waals surface area contributed by atoms with Gasteiger partial charge in [0.2, 0.25) is 15.9 Å². The molecule has 0 bridgehead atoms. The molecule has 1 aromatic carbocycles. The number of hydrogen-bond acceptors (Lipinski definition) is 5. The fraction of sp³-hybridized carbons (Fsp3) is 0.650. The third kappa shape index (κ3) is 4.10. The minimum absolute atomic E-state index is 0.0854. The third-order valence-electron chi connectivity index (χ3n) is 6.07. The molecule has 4 rings (SSSR count). The van der Waals surface area contributed by atoms with Crippen LogP contribution in [0, 0.1) is 11.8 Å². The molecule has 0 aliphatic carbocycles. The first-order chi connectivity index (χ1) is 13.6. The van der Waals surface area contributed by atoms with E-state index in [1.165, 1.54) is 4.31 Å². The molecule has 1 amide bonds. The number of benzene rings is 1. The van der Waals surface area contributed by atoms with Crippen LogP contribution in [0.5, 0.6) is 0 Å². The summed E-state index contributed by atoms with van der Waals surface area (Å²) < 4.78 is 38.2. The lowest BCUT2D eigenvalue weighted by atomic mass is 9.92. The Morgan fingerprint density at radius 1 is 0.893 bits per heavy atom. The van der Waals surface area contributed by atoms with Crippen molar-refractivity contribution in [1.29, 1.82) is 0 Å². The first kappa shape index (κ1) is 19.8. The Hall–Kier alpha value is -1.48. The number of ether oxygens (including phenoxy) is 2. The lowest BCUT2D eigenvalue weighted by Gasteiger charge is -2.37. The molecular weight excluding hydrogens is 380 g/mol. The zero-order chi connectivity index (χ0) is 19.6. The Kier molecular flexibility index (Phi) is 6.01. The number of nitrogens with zero attached hydrogens (tertiary/aromatic N) is 2. The predicted octanol–water partition coefficient (Wildman–Crippen LogP) is 1.70. The van der Waals surface area contributed by atoms with E-state index < -0.39 is 10.0 Å². The first-order valence-electron chi connectivity index (χ1n) is 10.1.